The van der Waals surface area contributed by atoms with Crippen LogP contribution in [-0.2, 0) is 13.3 Å². The molecule has 1 N–H and O–H groups in total. The molecule has 0 aliphatic rings. The molecule has 0 saturated carbocycles. The molecule has 0 aliphatic carbocycles. The second-order valence-corrected chi connectivity index (χ2v) is 6.66. The zero-order valence-electron chi connectivity index (χ0n) is 15.8. The molecule has 0 spiro atoms. The predicted octanol–water partition coefficient (Wildman–Crippen LogP) is 2.72. The molecule has 29 heavy (non-hydrogen) atoms. The lowest BCUT2D eigenvalue weighted by Gasteiger charge is -2.07. The number of amides is 1. The van der Waals surface area contributed by atoms with Crippen molar-refractivity contribution in [2.75, 3.05) is 6.54 Å². The number of hydrogen-bond acceptors (Lipinski definition) is 6. The average Bonchev–Trinajstić information content (AvgIpc) is 3.24. The maximum atomic E-state index is 12.2. The zero-order chi connectivity index (χ0) is 21.0. The Balaban J connectivity index is 1.52. The van der Waals surface area contributed by atoms with Gasteiger partial charge in [0.15, 0.2) is 6.73 Å². The molecule has 3 rings (SSSR count). The summed E-state index contributed by atoms with van der Waals surface area (Å²) < 4.78 is 8.56. The number of halogens is 1. The molecule has 0 bridgehead atoms. The number of carbonyl (C=O) groups is 1. The van der Waals surface area contributed by atoms with Gasteiger partial charge in [-0.15, -0.1) is 0 Å². The van der Waals surface area contributed by atoms with Crippen LogP contribution in [0.4, 0.5) is 5.69 Å². The van der Waals surface area contributed by atoms with Gasteiger partial charge in [0, 0.05) is 17.8 Å². The lowest BCUT2D eigenvalue weighted by Crippen LogP contribution is -2.28. The third kappa shape index (κ3) is 4.91. The van der Waals surface area contributed by atoms with E-state index in [0.717, 1.165) is 0 Å². The van der Waals surface area contributed by atoms with Crippen molar-refractivity contribution < 1.29 is 14.5 Å². The lowest BCUT2D eigenvalue weighted by atomic mass is 10.3. The van der Waals surface area contributed by atoms with Gasteiger partial charge in [-0.05, 0) is 38.1 Å². The molecule has 2 heterocycles. The summed E-state index contributed by atoms with van der Waals surface area (Å²) in [6, 6.07) is 8.55. The number of aromatic nitrogens is 4. The van der Waals surface area contributed by atoms with Crippen LogP contribution in [-0.4, -0.2) is 36.9 Å². The number of aryl methyl sites for hydroxylation is 1. The quantitative estimate of drug-likeness (QED) is 0.444. The number of carbonyl (C=O) groups excluding carboxylic acids is 1. The van der Waals surface area contributed by atoms with Crippen LogP contribution in [0, 0.1) is 24.0 Å². The van der Waals surface area contributed by atoms with Gasteiger partial charge in [-0.3, -0.25) is 19.6 Å². The Labute approximate surface area is 171 Å². The van der Waals surface area contributed by atoms with E-state index in [1.165, 1.54) is 9.36 Å². The molecule has 0 saturated heterocycles. The van der Waals surface area contributed by atoms with E-state index in [1.54, 1.807) is 50.4 Å². The van der Waals surface area contributed by atoms with Crippen molar-refractivity contribution in [3.63, 3.8) is 0 Å². The van der Waals surface area contributed by atoms with Gasteiger partial charge in [0.2, 0.25) is 0 Å². The molecule has 0 aliphatic heterocycles. The zero-order valence-corrected chi connectivity index (χ0v) is 16.6. The Morgan fingerprint density at radius 1 is 1.31 bits per heavy atom. The van der Waals surface area contributed by atoms with Gasteiger partial charge >= 0.3 is 5.69 Å². The molecular formula is C18H19ClN6O4. The van der Waals surface area contributed by atoms with Crippen LogP contribution in [0.15, 0.2) is 36.5 Å². The van der Waals surface area contributed by atoms with Crippen molar-refractivity contribution in [2.45, 2.75) is 27.1 Å². The molecule has 0 atom stereocenters. The summed E-state index contributed by atoms with van der Waals surface area (Å²) in [5.74, 6) is 0.237. The van der Waals surface area contributed by atoms with Gasteiger partial charge in [-0.25, -0.2) is 4.68 Å². The number of rotatable bonds is 8. The highest BCUT2D eigenvalue weighted by Gasteiger charge is 2.21. The number of nitrogens with zero attached hydrogens (tertiary/aromatic N) is 5. The second kappa shape index (κ2) is 8.74. The third-order valence-corrected chi connectivity index (χ3v) is 4.40. The summed E-state index contributed by atoms with van der Waals surface area (Å²) in [6.07, 6.45) is 1.63. The summed E-state index contributed by atoms with van der Waals surface area (Å²) in [4.78, 5) is 22.8. The van der Waals surface area contributed by atoms with Gasteiger partial charge in [-0.2, -0.15) is 10.2 Å². The molecule has 10 nitrogen and oxygen atoms in total. The Morgan fingerprint density at radius 3 is 2.79 bits per heavy atom. The van der Waals surface area contributed by atoms with Crippen molar-refractivity contribution >= 4 is 23.2 Å². The van der Waals surface area contributed by atoms with Crippen molar-refractivity contribution in [3.8, 4) is 5.75 Å². The van der Waals surface area contributed by atoms with E-state index < -0.39 is 4.92 Å². The highest BCUT2D eigenvalue weighted by molar-refractivity contribution is 6.30. The number of nitrogens with one attached hydrogen (secondary N) is 1. The minimum Gasteiger partial charge on any atom is -0.471 e. The molecule has 0 fully saturated rings. The van der Waals surface area contributed by atoms with Crippen LogP contribution >= 0.6 is 11.6 Å². The molecule has 2 aromatic heterocycles. The first-order chi connectivity index (χ1) is 13.8. The number of benzene rings is 1. The fourth-order valence-corrected chi connectivity index (χ4v) is 2.97. The molecular weight excluding hydrogens is 400 g/mol. The number of hydrogen-bond donors (Lipinski definition) is 1. The summed E-state index contributed by atoms with van der Waals surface area (Å²) in [7, 11) is 0. The third-order valence-electron chi connectivity index (χ3n) is 4.17. The van der Waals surface area contributed by atoms with Crippen LogP contribution in [0.1, 0.15) is 21.9 Å². The van der Waals surface area contributed by atoms with Crippen LogP contribution in [0.5, 0.6) is 5.75 Å². The van der Waals surface area contributed by atoms with E-state index in [9.17, 15) is 14.9 Å². The Morgan fingerprint density at radius 2 is 2.10 bits per heavy atom. The molecule has 0 unspecified atom stereocenters. The topological polar surface area (TPSA) is 117 Å². The van der Waals surface area contributed by atoms with Crippen molar-refractivity contribution in [1.29, 1.82) is 0 Å². The highest BCUT2D eigenvalue weighted by atomic mass is 35.5. The first-order valence-corrected chi connectivity index (χ1v) is 9.11. The fourth-order valence-electron chi connectivity index (χ4n) is 2.79. The Hall–Kier alpha value is -3.40. The van der Waals surface area contributed by atoms with Gasteiger partial charge in [0.1, 0.15) is 22.8 Å². The van der Waals surface area contributed by atoms with Crippen molar-refractivity contribution in [3.05, 3.63) is 68.7 Å². The Bertz CT molecular complexity index is 1040. The first-order valence-electron chi connectivity index (χ1n) is 8.73. The minimum absolute atomic E-state index is 0.00484. The van der Waals surface area contributed by atoms with Crippen LogP contribution in [0.2, 0.25) is 5.02 Å². The smallest absolute Gasteiger partial charge is 0.312 e. The number of nitro groups is 1. The SMILES string of the molecule is Cc1nn(CCNC(=O)c2ccn(COc3cccc(Cl)c3)n2)c(C)c1[N+](=O)[O-]. The summed E-state index contributed by atoms with van der Waals surface area (Å²) in [6.45, 7) is 3.90. The van der Waals surface area contributed by atoms with Crippen molar-refractivity contribution in [2.24, 2.45) is 0 Å². The molecule has 11 heteroatoms. The van der Waals surface area contributed by atoms with E-state index >= 15 is 0 Å². The highest BCUT2D eigenvalue weighted by Crippen LogP contribution is 2.21. The fraction of sp³-hybridized carbons (Fsp3) is 0.278. The summed E-state index contributed by atoms with van der Waals surface area (Å²) in [5.41, 5.74) is 1.02. The molecule has 152 valence electrons. The summed E-state index contributed by atoms with van der Waals surface area (Å²) in [5, 5.41) is 22.6. The van der Waals surface area contributed by atoms with Crippen LogP contribution < -0.4 is 10.1 Å². The van der Waals surface area contributed by atoms with Gasteiger partial charge in [0.25, 0.3) is 5.91 Å². The first kappa shape index (κ1) is 20.3. The predicted molar refractivity (Wildman–Crippen MR) is 105 cm³/mol. The largest absolute Gasteiger partial charge is 0.471 e. The van der Waals surface area contributed by atoms with Gasteiger partial charge in [0.05, 0.1) is 11.5 Å². The van der Waals surface area contributed by atoms with E-state index in [2.05, 4.69) is 15.5 Å². The molecule has 1 aromatic carbocycles. The molecule has 1 amide bonds. The Kier molecular flexibility index (Phi) is 6.13. The van der Waals surface area contributed by atoms with Gasteiger partial charge in [-0.1, -0.05) is 17.7 Å². The molecule has 3 aromatic rings. The maximum absolute atomic E-state index is 12.2. The average molecular weight is 419 g/mol. The van der Waals surface area contributed by atoms with Crippen LogP contribution in [0.3, 0.4) is 0 Å². The second-order valence-electron chi connectivity index (χ2n) is 6.23. The summed E-state index contributed by atoms with van der Waals surface area (Å²) >= 11 is 5.91. The minimum atomic E-state index is -0.454. The van der Waals surface area contributed by atoms with E-state index in [4.69, 9.17) is 16.3 Å². The van der Waals surface area contributed by atoms with Gasteiger partial charge < -0.3 is 10.1 Å². The standard InChI is InChI=1S/C18H19ClN6O4/c1-12-17(25(27)28)13(2)24(21-12)9-7-20-18(26)16-6-8-23(22-16)11-29-15-5-3-4-14(19)10-15/h3-6,8,10H,7,9,11H2,1-2H3,(H,20,26). The monoisotopic (exact) mass is 418 g/mol. The lowest BCUT2D eigenvalue weighted by molar-refractivity contribution is -0.386. The number of ether oxygens (including phenoxy) is 1. The maximum Gasteiger partial charge on any atom is 0.312 e. The van der Waals surface area contributed by atoms with E-state index in [1.807, 2.05) is 0 Å². The van der Waals surface area contributed by atoms with E-state index in [0.29, 0.717) is 28.7 Å². The molecule has 0 radical (unpaired) electrons. The normalized spacial score (nSPS) is 10.7. The van der Waals surface area contributed by atoms with Crippen molar-refractivity contribution in [1.82, 2.24) is 24.9 Å². The van der Waals surface area contributed by atoms with E-state index in [-0.39, 0.29) is 30.6 Å². The van der Waals surface area contributed by atoms with Crippen LogP contribution in [0.25, 0.3) is 0 Å².